The Hall–Kier alpha value is -1.55. The van der Waals surface area contributed by atoms with Crippen LogP contribution in [0.1, 0.15) is 31.4 Å². The molecule has 0 spiro atoms. The van der Waals surface area contributed by atoms with Crippen LogP contribution in [0.2, 0.25) is 0 Å². The van der Waals surface area contributed by atoms with E-state index in [-0.39, 0.29) is 5.54 Å². The normalized spacial score (nSPS) is 19.2. The third kappa shape index (κ3) is 1.78. The molecular formula is C13H17N3O. The van der Waals surface area contributed by atoms with Crippen LogP contribution in [0.25, 0.3) is 11.5 Å². The summed E-state index contributed by atoms with van der Waals surface area (Å²) in [7, 11) is 0. The molecule has 0 radical (unpaired) electrons. The van der Waals surface area contributed by atoms with Gasteiger partial charge in [-0.1, -0.05) is 0 Å². The monoisotopic (exact) mass is 231 g/mol. The molecule has 17 heavy (non-hydrogen) atoms. The molecule has 0 saturated heterocycles. The number of aromatic amines is 1. The summed E-state index contributed by atoms with van der Waals surface area (Å²) in [4.78, 5) is 7.67. The van der Waals surface area contributed by atoms with Crippen LogP contribution in [0.15, 0.2) is 22.7 Å². The molecule has 1 atom stereocenters. The van der Waals surface area contributed by atoms with Gasteiger partial charge in [0.1, 0.15) is 17.3 Å². The van der Waals surface area contributed by atoms with E-state index in [1.165, 1.54) is 12.8 Å². The molecule has 3 N–H and O–H groups in total. The Morgan fingerprint density at radius 3 is 2.82 bits per heavy atom. The molecule has 0 bridgehead atoms. The zero-order chi connectivity index (χ0) is 12.0. The Labute approximate surface area is 100 Å². The Balaban J connectivity index is 1.92. The highest BCUT2D eigenvalue weighted by Gasteiger charge is 2.41. The molecule has 1 fully saturated rings. The van der Waals surface area contributed by atoms with Crippen molar-refractivity contribution >= 4 is 0 Å². The molecular weight excluding hydrogens is 214 g/mol. The fraction of sp³-hybridized carbons (Fsp3) is 0.462. The van der Waals surface area contributed by atoms with Crippen molar-refractivity contribution in [3.05, 3.63) is 29.9 Å². The van der Waals surface area contributed by atoms with E-state index in [1.807, 2.05) is 26.0 Å². The molecule has 1 unspecified atom stereocenters. The fourth-order valence-corrected chi connectivity index (χ4v) is 2.18. The lowest BCUT2D eigenvalue weighted by molar-refractivity contribution is 0.404. The molecule has 1 saturated carbocycles. The van der Waals surface area contributed by atoms with Gasteiger partial charge in [0.25, 0.3) is 0 Å². The summed E-state index contributed by atoms with van der Waals surface area (Å²) in [5, 5.41) is 0. The Kier molecular flexibility index (Phi) is 2.16. The second-order valence-corrected chi connectivity index (χ2v) is 5.11. The number of aromatic nitrogens is 2. The Bertz CT molecular complexity index is 534. The van der Waals surface area contributed by atoms with Gasteiger partial charge in [-0.3, -0.25) is 0 Å². The van der Waals surface area contributed by atoms with Gasteiger partial charge in [-0.15, -0.1) is 0 Å². The minimum atomic E-state index is -0.347. The SMILES string of the molecule is Cc1ccc(-c2cnc(C(C)(N)C3CC3)[nH]2)o1. The maximum Gasteiger partial charge on any atom is 0.152 e. The van der Waals surface area contributed by atoms with E-state index in [9.17, 15) is 0 Å². The minimum Gasteiger partial charge on any atom is -0.460 e. The fourth-order valence-electron chi connectivity index (χ4n) is 2.18. The van der Waals surface area contributed by atoms with Crippen molar-refractivity contribution in [2.24, 2.45) is 11.7 Å². The number of hydrogen-bond acceptors (Lipinski definition) is 3. The smallest absolute Gasteiger partial charge is 0.152 e. The predicted octanol–water partition coefficient (Wildman–Crippen LogP) is 2.56. The van der Waals surface area contributed by atoms with Crippen molar-refractivity contribution in [2.75, 3.05) is 0 Å². The summed E-state index contributed by atoms with van der Waals surface area (Å²) in [6.07, 6.45) is 4.19. The average Bonchev–Trinajstić information content (AvgIpc) is 2.87. The third-order valence-electron chi connectivity index (χ3n) is 3.52. The van der Waals surface area contributed by atoms with Gasteiger partial charge < -0.3 is 15.1 Å². The van der Waals surface area contributed by atoms with Crippen molar-refractivity contribution in [2.45, 2.75) is 32.2 Å². The molecule has 2 aromatic heterocycles. The quantitative estimate of drug-likeness (QED) is 0.853. The number of rotatable bonds is 3. The van der Waals surface area contributed by atoms with Crippen LogP contribution < -0.4 is 5.73 Å². The van der Waals surface area contributed by atoms with E-state index >= 15 is 0 Å². The lowest BCUT2D eigenvalue weighted by Crippen LogP contribution is -2.36. The van der Waals surface area contributed by atoms with E-state index in [0.717, 1.165) is 23.0 Å². The van der Waals surface area contributed by atoms with Crippen molar-refractivity contribution in [1.82, 2.24) is 9.97 Å². The van der Waals surface area contributed by atoms with E-state index in [4.69, 9.17) is 10.2 Å². The topological polar surface area (TPSA) is 67.8 Å². The zero-order valence-corrected chi connectivity index (χ0v) is 10.2. The summed E-state index contributed by atoms with van der Waals surface area (Å²) in [5.41, 5.74) is 6.86. The van der Waals surface area contributed by atoms with Gasteiger partial charge in [-0.25, -0.2) is 4.98 Å². The Morgan fingerprint density at radius 2 is 2.24 bits per heavy atom. The first-order valence-electron chi connectivity index (χ1n) is 5.98. The van der Waals surface area contributed by atoms with Crippen LogP contribution >= 0.6 is 0 Å². The summed E-state index contributed by atoms with van der Waals surface area (Å²) >= 11 is 0. The number of imidazole rings is 1. The van der Waals surface area contributed by atoms with Gasteiger partial charge in [0.2, 0.25) is 0 Å². The molecule has 2 aromatic rings. The lowest BCUT2D eigenvalue weighted by Gasteiger charge is -2.21. The Morgan fingerprint density at radius 1 is 1.47 bits per heavy atom. The standard InChI is InChI=1S/C13H17N3O/c1-8-3-6-11(17-8)10-7-15-12(16-10)13(2,14)9-4-5-9/h3,6-7,9H,4-5,14H2,1-2H3,(H,15,16). The van der Waals surface area contributed by atoms with Gasteiger partial charge in [-0.2, -0.15) is 0 Å². The van der Waals surface area contributed by atoms with Crippen molar-refractivity contribution in [1.29, 1.82) is 0 Å². The average molecular weight is 231 g/mol. The number of H-pyrrole nitrogens is 1. The van der Waals surface area contributed by atoms with Crippen LogP contribution in [0.5, 0.6) is 0 Å². The van der Waals surface area contributed by atoms with Crippen LogP contribution in [0.3, 0.4) is 0 Å². The lowest BCUT2D eigenvalue weighted by atomic mass is 9.97. The van der Waals surface area contributed by atoms with E-state index in [0.29, 0.717) is 5.92 Å². The molecule has 3 rings (SSSR count). The van der Waals surface area contributed by atoms with E-state index in [1.54, 1.807) is 6.20 Å². The number of nitrogens with one attached hydrogen (secondary N) is 1. The summed E-state index contributed by atoms with van der Waals surface area (Å²) < 4.78 is 5.56. The highest BCUT2D eigenvalue weighted by molar-refractivity contribution is 5.51. The second-order valence-electron chi connectivity index (χ2n) is 5.11. The molecule has 4 nitrogen and oxygen atoms in total. The van der Waals surface area contributed by atoms with Crippen molar-refractivity contribution in [3.63, 3.8) is 0 Å². The first-order valence-corrected chi connectivity index (χ1v) is 5.98. The number of nitrogens with two attached hydrogens (primary N) is 1. The van der Waals surface area contributed by atoms with Gasteiger partial charge in [0.05, 0.1) is 11.7 Å². The molecule has 2 heterocycles. The molecule has 0 amide bonds. The van der Waals surface area contributed by atoms with E-state index in [2.05, 4.69) is 9.97 Å². The van der Waals surface area contributed by atoms with Gasteiger partial charge in [0.15, 0.2) is 5.76 Å². The minimum absolute atomic E-state index is 0.347. The molecule has 0 aliphatic heterocycles. The highest BCUT2D eigenvalue weighted by atomic mass is 16.3. The van der Waals surface area contributed by atoms with Crippen molar-refractivity contribution < 1.29 is 4.42 Å². The summed E-state index contributed by atoms with van der Waals surface area (Å²) in [5.74, 6) is 3.12. The van der Waals surface area contributed by atoms with Crippen LogP contribution in [-0.2, 0) is 5.54 Å². The maximum atomic E-state index is 6.32. The van der Waals surface area contributed by atoms with Gasteiger partial charge >= 0.3 is 0 Å². The van der Waals surface area contributed by atoms with Crippen molar-refractivity contribution in [3.8, 4) is 11.5 Å². The first kappa shape index (κ1) is 10.6. The van der Waals surface area contributed by atoms with Crippen LogP contribution in [-0.4, -0.2) is 9.97 Å². The number of aryl methyl sites for hydroxylation is 1. The second kappa shape index (κ2) is 3.47. The van der Waals surface area contributed by atoms with Crippen LogP contribution in [0.4, 0.5) is 0 Å². The number of hydrogen-bond donors (Lipinski definition) is 2. The zero-order valence-electron chi connectivity index (χ0n) is 10.2. The molecule has 90 valence electrons. The highest BCUT2D eigenvalue weighted by Crippen LogP contribution is 2.43. The maximum absolute atomic E-state index is 6.32. The molecule has 1 aliphatic rings. The predicted molar refractivity (Wildman–Crippen MR) is 65.3 cm³/mol. The van der Waals surface area contributed by atoms with Crippen LogP contribution in [0, 0.1) is 12.8 Å². The van der Waals surface area contributed by atoms with E-state index < -0.39 is 0 Å². The van der Waals surface area contributed by atoms with Gasteiger partial charge in [0, 0.05) is 0 Å². The largest absolute Gasteiger partial charge is 0.460 e. The van der Waals surface area contributed by atoms with Gasteiger partial charge in [-0.05, 0) is 44.7 Å². The summed E-state index contributed by atoms with van der Waals surface area (Å²) in [6, 6.07) is 3.88. The number of nitrogens with zero attached hydrogens (tertiary/aromatic N) is 1. The third-order valence-corrected chi connectivity index (χ3v) is 3.52. The first-order chi connectivity index (χ1) is 8.07. The number of furan rings is 1. The molecule has 1 aliphatic carbocycles. The summed E-state index contributed by atoms with van der Waals surface area (Å²) in [6.45, 7) is 3.97. The molecule has 4 heteroatoms. The molecule has 0 aromatic carbocycles.